The van der Waals surface area contributed by atoms with Crippen molar-refractivity contribution in [1.82, 2.24) is 10.2 Å². The van der Waals surface area contributed by atoms with E-state index in [1.165, 1.54) is 102 Å². The fraction of sp³-hybridized carbons (Fsp3) is 0.776. The van der Waals surface area contributed by atoms with E-state index >= 15 is 0 Å². The Balaban J connectivity index is 0.976. The van der Waals surface area contributed by atoms with Crippen molar-refractivity contribution < 1.29 is 57.1 Å². The number of hydrogen-bond acceptors (Lipinski definition) is 12. The zero-order chi connectivity index (χ0) is 45.7. The summed E-state index contributed by atoms with van der Waals surface area (Å²) < 4.78 is 39.1. The van der Waals surface area contributed by atoms with Crippen molar-refractivity contribution in [2.45, 2.75) is 154 Å². The molecule has 1 unspecified atom stereocenters. The Morgan fingerprint density at radius 1 is 0.547 bits per heavy atom. The lowest BCUT2D eigenvalue weighted by Gasteiger charge is -2.27. The number of piperidine rings is 1. The molecule has 0 saturated carbocycles. The van der Waals surface area contributed by atoms with Gasteiger partial charge in [-0.1, -0.05) is 116 Å². The van der Waals surface area contributed by atoms with Crippen molar-refractivity contribution in [2.24, 2.45) is 0 Å². The van der Waals surface area contributed by atoms with Crippen LogP contribution in [0.2, 0.25) is 0 Å². The highest BCUT2D eigenvalue weighted by Crippen LogP contribution is 2.32. The number of imide groups is 2. The molecular formula is C49H81N3O12. The van der Waals surface area contributed by atoms with Crippen LogP contribution < -0.4 is 10.6 Å². The number of fused-ring (bicyclic) bond motifs is 1. The first-order valence-corrected chi connectivity index (χ1v) is 24.6. The first kappa shape index (κ1) is 55.0. The van der Waals surface area contributed by atoms with Crippen LogP contribution in [-0.2, 0) is 47.5 Å². The fourth-order valence-electron chi connectivity index (χ4n) is 7.67. The van der Waals surface area contributed by atoms with Gasteiger partial charge in [0.25, 0.3) is 11.8 Å². The minimum Gasteiger partial charge on any atom is -0.379 e. The molecule has 0 aromatic heterocycles. The number of rotatable bonds is 43. The summed E-state index contributed by atoms with van der Waals surface area (Å²) in [5.74, 6) is -2.69. The Labute approximate surface area is 383 Å². The van der Waals surface area contributed by atoms with Crippen molar-refractivity contribution in [1.29, 1.82) is 0 Å². The highest BCUT2D eigenvalue weighted by Gasteiger charge is 2.45. The number of ether oxygens (including phenoxy) is 7. The summed E-state index contributed by atoms with van der Waals surface area (Å²) in [6.45, 7) is 9.77. The SMILES string of the molecule is CCCCCCCCCCCCCCCCCCOCCOCCOCCOCCOCCOCCOCCCCCC(=O)Nc1cccc2c1C(=O)N(C1CCC(=O)NC1=O)C2=O. The summed E-state index contributed by atoms with van der Waals surface area (Å²) in [5, 5.41) is 4.92. The topological polar surface area (TPSA) is 177 Å². The monoisotopic (exact) mass is 904 g/mol. The number of amides is 5. The molecule has 0 spiro atoms. The van der Waals surface area contributed by atoms with Gasteiger partial charge in [-0.05, 0) is 37.8 Å². The number of unbranched alkanes of at least 4 members (excludes halogenated alkanes) is 17. The summed E-state index contributed by atoms with van der Waals surface area (Å²) in [6.07, 6.45) is 24.5. The van der Waals surface area contributed by atoms with Gasteiger partial charge in [0.05, 0.1) is 96.1 Å². The Morgan fingerprint density at radius 2 is 0.953 bits per heavy atom. The third kappa shape index (κ3) is 24.3. The molecule has 1 fully saturated rings. The lowest BCUT2D eigenvalue weighted by atomic mass is 10.0. The third-order valence-corrected chi connectivity index (χ3v) is 11.3. The maximum atomic E-state index is 13.2. The molecule has 0 bridgehead atoms. The number of carbonyl (C=O) groups excluding carboxylic acids is 5. The van der Waals surface area contributed by atoms with Gasteiger partial charge in [0.2, 0.25) is 17.7 Å². The van der Waals surface area contributed by atoms with Crippen molar-refractivity contribution >= 4 is 35.2 Å². The maximum Gasteiger partial charge on any atom is 0.264 e. The fourth-order valence-corrected chi connectivity index (χ4v) is 7.67. The van der Waals surface area contributed by atoms with E-state index in [9.17, 15) is 24.0 Å². The van der Waals surface area contributed by atoms with E-state index in [4.69, 9.17) is 33.2 Å². The summed E-state index contributed by atoms with van der Waals surface area (Å²) in [5.41, 5.74) is 0.402. The average molecular weight is 904 g/mol. The van der Waals surface area contributed by atoms with E-state index in [0.717, 1.165) is 30.8 Å². The second-order valence-electron chi connectivity index (χ2n) is 16.6. The molecule has 3 rings (SSSR count). The van der Waals surface area contributed by atoms with Crippen molar-refractivity contribution in [3.05, 3.63) is 29.3 Å². The zero-order valence-corrected chi connectivity index (χ0v) is 39.1. The molecule has 364 valence electrons. The van der Waals surface area contributed by atoms with Crippen LogP contribution in [0.4, 0.5) is 5.69 Å². The van der Waals surface area contributed by atoms with Gasteiger partial charge >= 0.3 is 0 Å². The molecule has 5 amide bonds. The van der Waals surface area contributed by atoms with Crippen LogP contribution >= 0.6 is 0 Å². The highest BCUT2D eigenvalue weighted by atomic mass is 16.6. The number of nitrogens with zero attached hydrogens (tertiary/aromatic N) is 1. The predicted octanol–water partition coefficient (Wildman–Crippen LogP) is 7.96. The molecule has 1 aromatic rings. The van der Waals surface area contributed by atoms with E-state index in [2.05, 4.69) is 17.6 Å². The average Bonchev–Trinajstić information content (AvgIpc) is 3.54. The second kappa shape index (κ2) is 36.9. The highest BCUT2D eigenvalue weighted by molar-refractivity contribution is 6.26. The lowest BCUT2D eigenvalue weighted by Crippen LogP contribution is -2.54. The maximum absolute atomic E-state index is 13.2. The van der Waals surface area contributed by atoms with E-state index in [1.54, 1.807) is 12.1 Å². The molecule has 2 aliphatic heterocycles. The van der Waals surface area contributed by atoms with Gasteiger partial charge in [-0.25, -0.2) is 0 Å². The van der Waals surface area contributed by atoms with Crippen molar-refractivity contribution in [3.8, 4) is 0 Å². The second-order valence-corrected chi connectivity index (χ2v) is 16.6. The Hall–Kier alpha value is -3.31. The van der Waals surface area contributed by atoms with Gasteiger partial charge < -0.3 is 38.5 Å². The van der Waals surface area contributed by atoms with Gasteiger partial charge in [0.15, 0.2) is 0 Å². The van der Waals surface area contributed by atoms with Crippen LogP contribution in [0.15, 0.2) is 18.2 Å². The van der Waals surface area contributed by atoms with Gasteiger partial charge in [0.1, 0.15) is 6.04 Å². The number of nitrogens with one attached hydrogen (secondary N) is 2. The molecule has 2 heterocycles. The molecule has 2 N–H and O–H groups in total. The Kier molecular flexibility index (Phi) is 31.7. The van der Waals surface area contributed by atoms with Gasteiger partial charge in [-0.2, -0.15) is 0 Å². The smallest absolute Gasteiger partial charge is 0.264 e. The quantitative estimate of drug-likeness (QED) is 0.0478. The first-order chi connectivity index (χ1) is 31.4. The number of benzene rings is 1. The largest absolute Gasteiger partial charge is 0.379 e. The van der Waals surface area contributed by atoms with Crippen LogP contribution in [-0.4, -0.2) is 133 Å². The summed E-state index contributed by atoms with van der Waals surface area (Å²) in [7, 11) is 0. The molecule has 0 aliphatic carbocycles. The summed E-state index contributed by atoms with van der Waals surface area (Å²) in [4.78, 5) is 63.6. The molecular weight excluding hydrogens is 823 g/mol. The van der Waals surface area contributed by atoms with E-state index < -0.39 is 29.7 Å². The van der Waals surface area contributed by atoms with Crippen LogP contribution in [0.3, 0.4) is 0 Å². The number of anilines is 1. The molecule has 15 heteroatoms. The van der Waals surface area contributed by atoms with Crippen LogP contribution in [0.1, 0.15) is 169 Å². The molecule has 1 aromatic carbocycles. The van der Waals surface area contributed by atoms with Crippen LogP contribution in [0.5, 0.6) is 0 Å². The standard InChI is InChI=1S/C49H81N3O12/c1-2-3-4-5-6-7-8-9-10-11-12-13-14-15-16-19-27-58-29-31-60-33-35-62-37-39-64-40-38-63-36-34-61-32-30-59-28-20-17-18-24-44(53)50-42-23-21-22-41-46(42)49(57)52(48(41)56)43-25-26-45(54)51-47(43)55/h21-23,43H,2-20,24-40H2,1H3,(H,50,53)(H,51,54,55). The Bertz CT molecular complexity index is 1450. The van der Waals surface area contributed by atoms with Gasteiger partial charge in [0, 0.05) is 26.1 Å². The molecule has 15 nitrogen and oxygen atoms in total. The molecule has 64 heavy (non-hydrogen) atoms. The van der Waals surface area contributed by atoms with Crippen LogP contribution in [0.25, 0.3) is 0 Å². The van der Waals surface area contributed by atoms with E-state index in [0.29, 0.717) is 92.3 Å². The summed E-state index contributed by atoms with van der Waals surface area (Å²) in [6, 6.07) is 3.56. The normalized spacial score (nSPS) is 15.0. The Morgan fingerprint density at radius 3 is 1.39 bits per heavy atom. The zero-order valence-electron chi connectivity index (χ0n) is 39.1. The first-order valence-electron chi connectivity index (χ1n) is 24.6. The van der Waals surface area contributed by atoms with Gasteiger partial charge in [-0.15, -0.1) is 0 Å². The molecule has 0 radical (unpaired) electrons. The van der Waals surface area contributed by atoms with Gasteiger partial charge in [-0.3, -0.25) is 34.2 Å². The number of carbonyl (C=O) groups is 5. The lowest BCUT2D eigenvalue weighted by molar-refractivity contribution is -0.136. The minimum atomic E-state index is -1.07. The van der Waals surface area contributed by atoms with E-state index in [-0.39, 0.29) is 42.0 Å². The summed E-state index contributed by atoms with van der Waals surface area (Å²) >= 11 is 0. The minimum absolute atomic E-state index is 0.0328. The van der Waals surface area contributed by atoms with Crippen LogP contribution in [0, 0.1) is 0 Å². The predicted molar refractivity (Wildman–Crippen MR) is 245 cm³/mol. The van der Waals surface area contributed by atoms with Crippen molar-refractivity contribution in [2.75, 3.05) is 97.8 Å². The molecule has 1 atom stereocenters. The van der Waals surface area contributed by atoms with E-state index in [1.807, 2.05) is 0 Å². The van der Waals surface area contributed by atoms with Crippen molar-refractivity contribution in [3.63, 3.8) is 0 Å². The third-order valence-electron chi connectivity index (χ3n) is 11.3. The number of hydrogen-bond donors (Lipinski definition) is 2. The molecule has 1 saturated heterocycles. The molecule has 2 aliphatic rings.